The van der Waals surface area contributed by atoms with Gasteiger partial charge in [0.1, 0.15) is 0 Å². The molecule has 0 unspecified atom stereocenters. The minimum atomic E-state index is -0.869. The van der Waals surface area contributed by atoms with Gasteiger partial charge in [-0.2, -0.15) is 0 Å². The summed E-state index contributed by atoms with van der Waals surface area (Å²) >= 11 is 0. The lowest BCUT2D eigenvalue weighted by atomic mass is 9.84. The summed E-state index contributed by atoms with van der Waals surface area (Å²) in [5.74, 6) is 1.67. The molecule has 4 heteroatoms. The van der Waals surface area contributed by atoms with E-state index in [-0.39, 0.29) is 5.41 Å². The van der Waals surface area contributed by atoms with Crippen LogP contribution < -0.4 is 0 Å². The molecule has 18 heavy (non-hydrogen) atoms. The Labute approximate surface area is 109 Å². The first-order valence-electron chi connectivity index (χ1n) is 6.67. The molecule has 102 valence electrons. The minimum Gasteiger partial charge on any atom is -0.380 e. The van der Waals surface area contributed by atoms with Gasteiger partial charge in [0.25, 0.3) is 5.97 Å². The van der Waals surface area contributed by atoms with Crippen molar-refractivity contribution in [3.63, 3.8) is 0 Å². The summed E-state index contributed by atoms with van der Waals surface area (Å²) in [4.78, 5) is 0. The molecule has 0 aliphatic carbocycles. The van der Waals surface area contributed by atoms with E-state index in [1.807, 2.05) is 0 Å². The van der Waals surface area contributed by atoms with Crippen molar-refractivity contribution in [3.05, 3.63) is 0 Å². The number of rotatable bonds is 7. The van der Waals surface area contributed by atoms with Gasteiger partial charge in [-0.05, 0) is 6.42 Å². The van der Waals surface area contributed by atoms with Crippen molar-refractivity contribution < 1.29 is 18.9 Å². The Morgan fingerprint density at radius 3 is 2.33 bits per heavy atom. The van der Waals surface area contributed by atoms with Crippen molar-refractivity contribution in [2.75, 3.05) is 33.0 Å². The zero-order valence-corrected chi connectivity index (χ0v) is 11.1. The smallest absolute Gasteiger partial charge is 0.285 e. The van der Waals surface area contributed by atoms with Crippen LogP contribution in [0.5, 0.6) is 0 Å². The van der Waals surface area contributed by atoms with Gasteiger partial charge < -0.3 is 18.9 Å². The third kappa shape index (κ3) is 3.04. The molecule has 4 nitrogen and oxygen atoms in total. The Morgan fingerprint density at radius 1 is 1.11 bits per heavy atom. The van der Waals surface area contributed by atoms with E-state index in [9.17, 15) is 0 Å². The summed E-state index contributed by atoms with van der Waals surface area (Å²) in [5, 5.41) is 0. The highest BCUT2D eigenvalue weighted by Gasteiger charge is 2.51. The molecule has 3 aliphatic heterocycles. The lowest BCUT2D eigenvalue weighted by molar-refractivity contribution is -0.471. The highest BCUT2D eigenvalue weighted by atomic mass is 16.9. The molecule has 0 aromatic rings. The van der Waals surface area contributed by atoms with Gasteiger partial charge in [0, 0.05) is 11.8 Å². The fourth-order valence-corrected chi connectivity index (χ4v) is 2.43. The molecule has 0 saturated carbocycles. The van der Waals surface area contributed by atoms with E-state index in [4.69, 9.17) is 25.4 Å². The first-order chi connectivity index (χ1) is 8.74. The van der Waals surface area contributed by atoms with Gasteiger partial charge in [0.05, 0.1) is 39.5 Å². The topological polar surface area (TPSA) is 36.9 Å². The fraction of sp³-hybridized carbons (Fsp3) is 0.857. The number of terminal acetylenes is 1. The normalized spacial score (nSPS) is 34.4. The fourth-order valence-electron chi connectivity index (χ4n) is 2.43. The van der Waals surface area contributed by atoms with Gasteiger partial charge >= 0.3 is 0 Å². The molecule has 3 rings (SSSR count). The van der Waals surface area contributed by atoms with Crippen LogP contribution >= 0.6 is 0 Å². The minimum absolute atomic E-state index is 0.0703. The van der Waals surface area contributed by atoms with Gasteiger partial charge in [-0.1, -0.05) is 13.3 Å². The summed E-state index contributed by atoms with van der Waals surface area (Å²) in [6.07, 6.45) is 8.59. The molecule has 0 amide bonds. The van der Waals surface area contributed by atoms with Crippen molar-refractivity contribution in [1.82, 2.24) is 0 Å². The van der Waals surface area contributed by atoms with Crippen LogP contribution in [0.25, 0.3) is 0 Å². The van der Waals surface area contributed by atoms with E-state index >= 15 is 0 Å². The van der Waals surface area contributed by atoms with Gasteiger partial charge in [-0.3, -0.25) is 0 Å². The maximum Gasteiger partial charge on any atom is 0.285 e. The van der Waals surface area contributed by atoms with Crippen LogP contribution in [0.3, 0.4) is 0 Å². The van der Waals surface area contributed by atoms with Gasteiger partial charge in [0.15, 0.2) is 0 Å². The average molecular weight is 254 g/mol. The molecule has 2 bridgehead atoms. The summed E-state index contributed by atoms with van der Waals surface area (Å²) in [5.41, 5.74) is 0.0703. The molecule has 0 radical (unpaired) electrons. The van der Waals surface area contributed by atoms with E-state index in [1.165, 1.54) is 0 Å². The Balaban J connectivity index is 1.74. The van der Waals surface area contributed by atoms with Crippen LogP contribution in [0.1, 0.15) is 32.6 Å². The average Bonchev–Trinajstić information content (AvgIpc) is 2.41. The Morgan fingerprint density at radius 2 is 1.78 bits per heavy atom. The lowest BCUT2D eigenvalue weighted by Gasteiger charge is -2.51. The highest BCUT2D eigenvalue weighted by molar-refractivity contribution is 4.88. The van der Waals surface area contributed by atoms with Crippen LogP contribution in [-0.4, -0.2) is 39.0 Å². The van der Waals surface area contributed by atoms with Crippen molar-refractivity contribution in [2.45, 2.75) is 38.6 Å². The molecule has 0 aromatic carbocycles. The Hall–Kier alpha value is -0.600. The van der Waals surface area contributed by atoms with E-state index in [0.29, 0.717) is 26.1 Å². The number of hydrogen-bond acceptors (Lipinski definition) is 4. The highest BCUT2D eigenvalue weighted by Crippen LogP contribution is 2.42. The third-order valence-corrected chi connectivity index (χ3v) is 3.52. The molecule has 3 heterocycles. The monoisotopic (exact) mass is 254 g/mol. The number of ether oxygens (including phenoxy) is 4. The van der Waals surface area contributed by atoms with Gasteiger partial charge in [-0.15, -0.1) is 12.3 Å². The summed E-state index contributed by atoms with van der Waals surface area (Å²) in [6, 6.07) is 0. The van der Waals surface area contributed by atoms with E-state index in [0.717, 1.165) is 32.7 Å². The van der Waals surface area contributed by atoms with Crippen LogP contribution in [0.2, 0.25) is 0 Å². The summed E-state index contributed by atoms with van der Waals surface area (Å²) in [6.45, 7) is 5.47. The number of fused-ring (bicyclic) bond motifs is 3. The lowest BCUT2D eigenvalue weighted by Crippen LogP contribution is -2.60. The predicted molar refractivity (Wildman–Crippen MR) is 66.8 cm³/mol. The molecular formula is C14H22O4. The second kappa shape index (κ2) is 6.03. The van der Waals surface area contributed by atoms with E-state index in [1.54, 1.807) is 0 Å². The first-order valence-corrected chi connectivity index (χ1v) is 6.67. The molecule has 0 atom stereocenters. The van der Waals surface area contributed by atoms with Crippen LogP contribution in [0.15, 0.2) is 0 Å². The maximum atomic E-state index is 5.76. The van der Waals surface area contributed by atoms with Crippen molar-refractivity contribution in [2.24, 2.45) is 5.41 Å². The molecule has 0 aromatic heterocycles. The quantitative estimate of drug-likeness (QED) is 0.514. The first kappa shape index (κ1) is 13.8. The summed E-state index contributed by atoms with van der Waals surface area (Å²) in [7, 11) is 0. The van der Waals surface area contributed by atoms with E-state index < -0.39 is 5.97 Å². The van der Waals surface area contributed by atoms with E-state index in [2.05, 4.69) is 12.8 Å². The Bertz CT molecular complexity index is 283. The predicted octanol–water partition coefficient (Wildman–Crippen LogP) is 1.93. The summed E-state index contributed by atoms with van der Waals surface area (Å²) < 4.78 is 22.7. The van der Waals surface area contributed by atoms with Crippen molar-refractivity contribution in [1.29, 1.82) is 0 Å². The standard InChI is InChI=1S/C14H22O4/c1-3-5-8-15-9-7-14-16-10-13(6-4-2,11-17-14)12-18-14/h1H,4-12H2,2H3. The van der Waals surface area contributed by atoms with Crippen LogP contribution in [-0.2, 0) is 18.9 Å². The molecule has 3 saturated heterocycles. The SMILES string of the molecule is C#CCCOCCC12OCC(CCC)(CO1)CO2. The van der Waals surface area contributed by atoms with Crippen molar-refractivity contribution >= 4 is 0 Å². The van der Waals surface area contributed by atoms with Crippen molar-refractivity contribution in [3.8, 4) is 12.3 Å². The molecular weight excluding hydrogens is 232 g/mol. The molecule has 0 spiro atoms. The second-order valence-corrected chi connectivity index (χ2v) is 5.12. The third-order valence-electron chi connectivity index (χ3n) is 3.52. The van der Waals surface area contributed by atoms with Crippen LogP contribution in [0.4, 0.5) is 0 Å². The second-order valence-electron chi connectivity index (χ2n) is 5.12. The van der Waals surface area contributed by atoms with Gasteiger partial charge in [-0.25, -0.2) is 0 Å². The molecule has 3 fully saturated rings. The number of hydrogen-bond donors (Lipinski definition) is 0. The molecule has 0 N–H and O–H groups in total. The van der Waals surface area contributed by atoms with Gasteiger partial charge in [0.2, 0.25) is 0 Å². The maximum absolute atomic E-state index is 5.76. The Kier molecular flexibility index (Phi) is 4.63. The zero-order valence-electron chi connectivity index (χ0n) is 11.1. The molecule has 3 aliphatic rings. The largest absolute Gasteiger partial charge is 0.380 e. The van der Waals surface area contributed by atoms with Crippen LogP contribution in [0, 0.1) is 17.8 Å². The zero-order chi connectivity index (χ0) is 12.9.